The number of carbonyl (C=O) groups excluding carboxylic acids is 6. The summed E-state index contributed by atoms with van der Waals surface area (Å²) in [5.74, 6) is -3.34. The quantitative estimate of drug-likeness (QED) is 0.146. The van der Waals surface area contributed by atoms with Crippen LogP contribution in [0, 0.1) is 29.1 Å². The number of nitrogens with one attached hydrogen (secondary N) is 3. The molecule has 6 atom stereocenters. The van der Waals surface area contributed by atoms with Crippen LogP contribution in [0.2, 0.25) is 0 Å². The van der Waals surface area contributed by atoms with Crippen molar-refractivity contribution in [2.75, 3.05) is 6.54 Å². The molecule has 0 aromatic heterocycles. The number of hydrogen-bond acceptors (Lipinski definition) is 7. The Balaban J connectivity index is 2.26. The summed E-state index contributed by atoms with van der Waals surface area (Å²) >= 11 is 0. The first-order chi connectivity index (χ1) is 21.4. The van der Waals surface area contributed by atoms with Crippen molar-refractivity contribution in [2.24, 2.45) is 34.8 Å². The fraction of sp³-hybridized carbons (Fsp3) is 0.824. The molecule has 2 rings (SSSR count). The maximum atomic E-state index is 14.2. The van der Waals surface area contributed by atoms with Gasteiger partial charge in [0.25, 0.3) is 5.91 Å². The second kappa shape index (κ2) is 17.1. The van der Waals surface area contributed by atoms with Crippen molar-refractivity contribution in [1.82, 2.24) is 20.9 Å². The Morgan fingerprint density at radius 2 is 1.59 bits per heavy atom. The minimum absolute atomic E-state index is 0.000795. The number of urea groups is 1. The van der Waals surface area contributed by atoms with E-state index < -0.39 is 65.1 Å². The molecule has 46 heavy (non-hydrogen) atoms. The zero-order valence-corrected chi connectivity index (χ0v) is 29.4. The molecule has 1 saturated carbocycles. The number of amides is 5. The van der Waals surface area contributed by atoms with Gasteiger partial charge < -0.3 is 31.3 Å². The molecule has 0 aromatic carbocycles. The van der Waals surface area contributed by atoms with Crippen molar-refractivity contribution in [1.29, 1.82) is 0 Å². The summed E-state index contributed by atoms with van der Waals surface area (Å²) in [6, 6.07) is -4.62. The summed E-state index contributed by atoms with van der Waals surface area (Å²) in [5, 5.41) is 8.24. The molecular formula is C34H59N5O7. The Bertz CT molecular complexity index is 1100. The van der Waals surface area contributed by atoms with E-state index in [-0.39, 0.29) is 36.3 Å². The summed E-state index contributed by atoms with van der Waals surface area (Å²) in [6.07, 6.45) is 5.88. The monoisotopic (exact) mass is 649 g/mol. The third-order valence-corrected chi connectivity index (χ3v) is 9.41. The highest BCUT2D eigenvalue weighted by molar-refractivity contribution is 6.37. The molecule has 4 unspecified atom stereocenters. The van der Waals surface area contributed by atoms with Crippen LogP contribution in [0.1, 0.15) is 114 Å². The maximum absolute atomic E-state index is 14.2. The number of nitrogens with zero attached hydrogens (tertiary/aromatic N) is 1. The first-order valence-electron chi connectivity index (χ1n) is 17.1. The molecule has 1 heterocycles. The zero-order chi connectivity index (χ0) is 34.9. The van der Waals surface area contributed by atoms with Crippen LogP contribution < -0.4 is 21.7 Å². The molecule has 12 nitrogen and oxygen atoms in total. The Hall–Kier alpha value is -3.18. The number of hydrogen-bond donors (Lipinski definition) is 4. The molecule has 12 heteroatoms. The van der Waals surface area contributed by atoms with E-state index in [1.165, 1.54) is 4.90 Å². The molecule has 0 spiro atoms. The zero-order valence-electron chi connectivity index (χ0n) is 29.4. The fourth-order valence-electron chi connectivity index (χ4n) is 6.02. The van der Waals surface area contributed by atoms with Crippen molar-refractivity contribution < 1.29 is 33.5 Å². The highest BCUT2D eigenvalue weighted by Gasteiger charge is 2.46. The number of nitrogens with two attached hydrogens (primary N) is 1. The number of likely N-dealkylation sites (tertiary alicyclic amines) is 1. The standard InChI is InChI=1S/C34H59N5O7/c1-10-11-13-21(6)46-32(44)26(20(4)5)37-33(45)38-28(34(7,8)9)31(43)39-18-23(19(2)3)17-25(39)30(42)36-24(27(40)29(35)41)16-22-14-12-15-22/h19-26,28H,10-18H2,1-9H3,(H2,35,41)(H,36,42)(H2,37,38,45)/t21?,23-,24?,25+,26?,28?/m1/s1. The van der Waals surface area contributed by atoms with E-state index in [4.69, 9.17) is 10.5 Å². The van der Waals surface area contributed by atoms with Crippen LogP contribution in [-0.4, -0.2) is 77.2 Å². The van der Waals surface area contributed by atoms with E-state index >= 15 is 0 Å². The molecule has 5 amide bonds. The lowest BCUT2D eigenvalue weighted by atomic mass is 9.80. The van der Waals surface area contributed by atoms with Crippen molar-refractivity contribution >= 4 is 35.5 Å². The van der Waals surface area contributed by atoms with Gasteiger partial charge in [-0.15, -0.1) is 0 Å². The van der Waals surface area contributed by atoms with Crippen LogP contribution in [0.15, 0.2) is 0 Å². The normalized spacial score (nSPS) is 21.2. The molecule has 1 saturated heterocycles. The second-order valence-corrected chi connectivity index (χ2v) is 15.1. The Labute approximate surface area is 275 Å². The van der Waals surface area contributed by atoms with Crippen LogP contribution in [0.5, 0.6) is 0 Å². The van der Waals surface area contributed by atoms with E-state index in [9.17, 15) is 28.8 Å². The minimum atomic E-state index is -1.11. The number of carbonyl (C=O) groups is 6. The minimum Gasteiger partial charge on any atom is -0.461 e. The van der Waals surface area contributed by atoms with Gasteiger partial charge >= 0.3 is 12.0 Å². The Kier molecular flexibility index (Phi) is 14.5. The number of ketones is 1. The van der Waals surface area contributed by atoms with Gasteiger partial charge in [-0.25, -0.2) is 9.59 Å². The van der Waals surface area contributed by atoms with Gasteiger partial charge in [0.2, 0.25) is 17.6 Å². The predicted molar refractivity (Wildman–Crippen MR) is 175 cm³/mol. The maximum Gasteiger partial charge on any atom is 0.329 e. The second-order valence-electron chi connectivity index (χ2n) is 15.1. The van der Waals surface area contributed by atoms with E-state index in [2.05, 4.69) is 22.9 Å². The van der Waals surface area contributed by atoms with E-state index in [0.717, 1.165) is 38.5 Å². The average molecular weight is 650 g/mol. The van der Waals surface area contributed by atoms with Gasteiger partial charge in [0.05, 0.1) is 12.1 Å². The van der Waals surface area contributed by atoms with Crippen molar-refractivity contribution in [3.05, 3.63) is 0 Å². The molecule has 1 aliphatic carbocycles. The summed E-state index contributed by atoms with van der Waals surface area (Å²) in [7, 11) is 0. The molecule has 2 aliphatic rings. The molecule has 2 fully saturated rings. The van der Waals surface area contributed by atoms with Gasteiger partial charge in [0.1, 0.15) is 18.1 Å². The molecule has 0 radical (unpaired) electrons. The van der Waals surface area contributed by atoms with E-state index in [0.29, 0.717) is 12.8 Å². The summed E-state index contributed by atoms with van der Waals surface area (Å²) in [4.78, 5) is 80.2. The number of ether oxygens (including phenoxy) is 1. The molecule has 0 bridgehead atoms. The summed E-state index contributed by atoms with van der Waals surface area (Å²) < 4.78 is 5.60. The Morgan fingerprint density at radius 1 is 0.957 bits per heavy atom. The van der Waals surface area contributed by atoms with Crippen LogP contribution in [-0.2, 0) is 28.7 Å². The highest BCUT2D eigenvalue weighted by atomic mass is 16.5. The lowest BCUT2D eigenvalue weighted by molar-refractivity contribution is -0.152. The molecule has 0 aromatic rings. The van der Waals surface area contributed by atoms with E-state index in [1.54, 1.807) is 13.8 Å². The number of esters is 1. The first-order valence-corrected chi connectivity index (χ1v) is 17.1. The summed E-state index contributed by atoms with van der Waals surface area (Å²) in [6.45, 7) is 17.2. The third-order valence-electron chi connectivity index (χ3n) is 9.41. The van der Waals surface area contributed by atoms with Crippen LogP contribution >= 0.6 is 0 Å². The van der Waals surface area contributed by atoms with Crippen molar-refractivity contribution in [3.63, 3.8) is 0 Å². The number of primary amides is 1. The lowest BCUT2D eigenvalue weighted by Crippen LogP contribution is -2.61. The van der Waals surface area contributed by atoms with E-state index in [1.807, 2.05) is 41.5 Å². The molecule has 1 aliphatic heterocycles. The highest BCUT2D eigenvalue weighted by Crippen LogP contribution is 2.33. The van der Waals surface area contributed by atoms with Crippen LogP contribution in [0.25, 0.3) is 0 Å². The number of Topliss-reactive ketones (excluding diaryl/α,β-unsaturated/α-hetero) is 1. The van der Waals surface area contributed by atoms with Crippen LogP contribution in [0.4, 0.5) is 4.79 Å². The van der Waals surface area contributed by atoms with Gasteiger partial charge in [-0.3, -0.25) is 19.2 Å². The number of unbranched alkanes of at least 4 members (excludes halogenated alkanes) is 1. The van der Waals surface area contributed by atoms with Crippen molar-refractivity contribution in [3.8, 4) is 0 Å². The van der Waals surface area contributed by atoms with Gasteiger partial charge in [0, 0.05) is 6.54 Å². The molecular weight excluding hydrogens is 590 g/mol. The average Bonchev–Trinajstić information content (AvgIpc) is 3.39. The molecule has 262 valence electrons. The summed E-state index contributed by atoms with van der Waals surface area (Å²) in [5.41, 5.74) is 4.55. The smallest absolute Gasteiger partial charge is 0.329 e. The third kappa shape index (κ3) is 11.0. The number of rotatable bonds is 16. The largest absolute Gasteiger partial charge is 0.461 e. The van der Waals surface area contributed by atoms with Gasteiger partial charge in [0.15, 0.2) is 0 Å². The predicted octanol–water partition coefficient (Wildman–Crippen LogP) is 3.45. The van der Waals surface area contributed by atoms with Crippen molar-refractivity contribution in [2.45, 2.75) is 144 Å². The Morgan fingerprint density at radius 3 is 2.07 bits per heavy atom. The fourth-order valence-corrected chi connectivity index (χ4v) is 6.02. The van der Waals surface area contributed by atoms with Gasteiger partial charge in [-0.05, 0) is 55.3 Å². The SMILES string of the molecule is CCCCC(C)OC(=O)C(NC(=O)NC(C(=O)N1C[C@H](C(C)C)C[C@H]1C(=O)NC(CC1CCC1)C(=O)C(N)=O)C(C)(C)C)C(C)C. The molecule has 5 N–H and O–H groups in total. The first kappa shape index (κ1) is 39.0. The van der Waals surface area contributed by atoms with Gasteiger partial charge in [-0.1, -0.05) is 87.5 Å². The topological polar surface area (TPSA) is 177 Å². The van der Waals surface area contributed by atoms with Crippen LogP contribution in [0.3, 0.4) is 0 Å². The van der Waals surface area contributed by atoms with Gasteiger partial charge in [-0.2, -0.15) is 0 Å². The lowest BCUT2D eigenvalue weighted by Gasteiger charge is -2.36.